The highest BCUT2D eigenvalue weighted by Gasteiger charge is 2.29. The Balaban J connectivity index is 2.58. The molecule has 1 rings (SSSR count). The molecule has 0 aromatic carbocycles. The van der Waals surface area contributed by atoms with Crippen molar-refractivity contribution in [3.05, 3.63) is 0 Å². The van der Waals surface area contributed by atoms with Crippen LogP contribution in [0.4, 0.5) is 0 Å². The maximum Gasteiger partial charge on any atom is 0.214 e. The van der Waals surface area contributed by atoms with Gasteiger partial charge < -0.3 is 10.9 Å². The molecule has 1 aliphatic heterocycles. The van der Waals surface area contributed by atoms with E-state index in [1.807, 2.05) is 13.8 Å². The van der Waals surface area contributed by atoms with Gasteiger partial charge in [0.25, 0.3) is 0 Å². The van der Waals surface area contributed by atoms with E-state index in [0.29, 0.717) is 25.9 Å². The van der Waals surface area contributed by atoms with Gasteiger partial charge in [0.1, 0.15) is 5.84 Å². The van der Waals surface area contributed by atoms with Crippen LogP contribution in [0, 0.1) is 11.8 Å². The molecule has 0 unspecified atom stereocenters. The van der Waals surface area contributed by atoms with Gasteiger partial charge in [-0.1, -0.05) is 19.0 Å². The monoisotopic (exact) mass is 263 g/mol. The molecular weight excluding hydrogens is 242 g/mol. The second-order valence-electron chi connectivity index (χ2n) is 4.87. The first-order valence-corrected chi connectivity index (χ1v) is 7.43. The van der Waals surface area contributed by atoms with Gasteiger partial charge in [-0.2, -0.15) is 0 Å². The van der Waals surface area contributed by atoms with Crippen molar-refractivity contribution in [1.29, 1.82) is 0 Å². The number of oxime groups is 1. The Labute approximate surface area is 103 Å². The van der Waals surface area contributed by atoms with E-state index in [1.165, 1.54) is 4.31 Å². The molecule has 1 fully saturated rings. The lowest BCUT2D eigenvalue weighted by Gasteiger charge is -2.30. The van der Waals surface area contributed by atoms with Crippen LogP contribution in [-0.4, -0.2) is 42.6 Å². The van der Waals surface area contributed by atoms with Gasteiger partial charge in [-0.25, -0.2) is 12.7 Å². The second kappa shape index (κ2) is 5.68. The van der Waals surface area contributed by atoms with Gasteiger partial charge in [0, 0.05) is 19.0 Å². The molecule has 0 bridgehead atoms. The summed E-state index contributed by atoms with van der Waals surface area (Å²) in [5.74, 6) is 0.500. The van der Waals surface area contributed by atoms with Crippen LogP contribution < -0.4 is 5.73 Å². The summed E-state index contributed by atoms with van der Waals surface area (Å²) in [6, 6.07) is 0. The lowest BCUT2D eigenvalue weighted by atomic mass is 9.97. The highest BCUT2D eigenvalue weighted by Crippen LogP contribution is 2.20. The molecule has 0 atom stereocenters. The van der Waals surface area contributed by atoms with E-state index >= 15 is 0 Å². The molecule has 3 N–H and O–H groups in total. The van der Waals surface area contributed by atoms with Gasteiger partial charge in [0.2, 0.25) is 10.0 Å². The van der Waals surface area contributed by atoms with Gasteiger partial charge in [0.15, 0.2) is 0 Å². The van der Waals surface area contributed by atoms with Crippen LogP contribution in [0.2, 0.25) is 0 Å². The van der Waals surface area contributed by atoms with Gasteiger partial charge in [-0.05, 0) is 18.8 Å². The predicted molar refractivity (Wildman–Crippen MR) is 66.3 cm³/mol. The van der Waals surface area contributed by atoms with E-state index < -0.39 is 10.0 Å². The second-order valence-corrected chi connectivity index (χ2v) is 6.88. The van der Waals surface area contributed by atoms with E-state index in [-0.39, 0.29) is 23.4 Å². The van der Waals surface area contributed by atoms with Gasteiger partial charge in [-0.3, -0.25) is 0 Å². The van der Waals surface area contributed by atoms with Crippen LogP contribution in [0.15, 0.2) is 5.16 Å². The third-order valence-electron chi connectivity index (χ3n) is 2.93. The number of hydrogen-bond donors (Lipinski definition) is 2. The van der Waals surface area contributed by atoms with Crippen LogP contribution in [0.3, 0.4) is 0 Å². The van der Waals surface area contributed by atoms with Crippen molar-refractivity contribution < 1.29 is 13.6 Å². The van der Waals surface area contributed by atoms with E-state index in [4.69, 9.17) is 10.9 Å². The molecular formula is C10H21N3O3S. The average Bonchev–Trinajstić information content (AvgIpc) is 2.26. The van der Waals surface area contributed by atoms with E-state index in [2.05, 4.69) is 5.16 Å². The predicted octanol–water partition coefficient (Wildman–Crippen LogP) is 0.431. The molecule has 6 nitrogen and oxygen atoms in total. The third kappa shape index (κ3) is 3.85. The quantitative estimate of drug-likeness (QED) is 0.333. The van der Waals surface area contributed by atoms with Crippen molar-refractivity contribution in [3.63, 3.8) is 0 Å². The zero-order valence-electron chi connectivity index (χ0n) is 10.3. The number of hydrogen-bond acceptors (Lipinski definition) is 4. The molecule has 0 saturated carbocycles. The van der Waals surface area contributed by atoms with Crippen molar-refractivity contribution in [1.82, 2.24) is 4.31 Å². The molecule has 17 heavy (non-hydrogen) atoms. The summed E-state index contributed by atoms with van der Waals surface area (Å²) >= 11 is 0. The van der Waals surface area contributed by atoms with Crippen LogP contribution >= 0.6 is 0 Å². The molecule has 0 spiro atoms. The third-order valence-corrected chi connectivity index (χ3v) is 5.16. The molecule has 0 amide bonds. The summed E-state index contributed by atoms with van der Waals surface area (Å²) < 4.78 is 25.4. The highest BCUT2D eigenvalue weighted by molar-refractivity contribution is 7.89. The number of nitrogens with zero attached hydrogens (tertiary/aromatic N) is 2. The van der Waals surface area contributed by atoms with Gasteiger partial charge >= 0.3 is 0 Å². The lowest BCUT2D eigenvalue weighted by molar-refractivity contribution is 0.290. The Bertz CT molecular complexity index is 370. The van der Waals surface area contributed by atoms with Crippen LogP contribution in [0.1, 0.15) is 26.7 Å². The SMILES string of the molecule is CC(C)CS(=O)(=O)N1CCC(C(N)=NO)CC1. The normalized spacial score (nSPS) is 21.0. The van der Waals surface area contributed by atoms with E-state index in [1.54, 1.807) is 0 Å². The number of sulfonamides is 1. The smallest absolute Gasteiger partial charge is 0.214 e. The van der Waals surface area contributed by atoms with Crippen molar-refractivity contribution in [3.8, 4) is 0 Å². The number of nitrogens with two attached hydrogens (primary N) is 1. The topological polar surface area (TPSA) is 96.0 Å². The Morgan fingerprint density at radius 2 is 2.00 bits per heavy atom. The molecule has 1 saturated heterocycles. The largest absolute Gasteiger partial charge is 0.409 e. The first-order chi connectivity index (χ1) is 7.86. The maximum atomic E-state index is 12.0. The zero-order valence-corrected chi connectivity index (χ0v) is 11.2. The number of rotatable bonds is 4. The summed E-state index contributed by atoms with van der Waals surface area (Å²) in [5.41, 5.74) is 5.51. The minimum atomic E-state index is -3.15. The Hall–Kier alpha value is -0.820. The van der Waals surface area contributed by atoms with Crippen molar-refractivity contribution in [2.45, 2.75) is 26.7 Å². The molecule has 1 heterocycles. The standard InChI is InChI=1S/C10H21N3O3S/c1-8(2)7-17(15,16)13-5-3-9(4-6-13)10(11)12-14/h8-9,14H,3-7H2,1-2H3,(H2,11,12). The van der Waals surface area contributed by atoms with Gasteiger partial charge in [0.05, 0.1) is 5.75 Å². The first kappa shape index (κ1) is 14.2. The minimum absolute atomic E-state index is 0.00880. The summed E-state index contributed by atoms with van der Waals surface area (Å²) in [5, 5.41) is 11.5. The minimum Gasteiger partial charge on any atom is -0.409 e. The number of piperidine rings is 1. The fourth-order valence-corrected chi connectivity index (χ4v) is 3.86. The summed E-state index contributed by atoms with van der Waals surface area (Å²) in [6.45, 7) is 4.69. The van der Waals surface area contributed by atoms with Crippen molar-refractivity contribution in [2.24, 2.45) is 22.7 Å². The highest BCUT2D eigenvalue weighted by atomic mass is 32.2. The first-order valence-electron chi connectivity index (χ1n) is 5.82. The summed E-state index contributed by atoms with van der Waals surface area (Å²) in [4.78, 5) is 0. The van der Waals surface area contributed by atoms with Crippen LogP contribution in [-0.2, 0) is 10.0 Å². The molecule has 0 aromatic heterocycles. The molecule has 0 aromatic rings. The Morgan fingerprint density at radius 1 is 1.47 bits per heavy atom. The van der Waals surface area contributed by atoms with Crippen LogP contribution in [0.5, 0.6) is 0 Å². The fourth-order valence-electron chi connectivity index (χ4n) is 2.04. The lowest BCUT2D eigenvalue weighted by Crippen LogP contribution is -2.43. The average molecular weight is 263 g/mol. The molecule has 1 aliphatic rings. The Morgan fingerprint density at radius 3 is 2.41 bits per heavy atom. The number of amidine groups is 1. The maximum absolute atomic E-state index is 12.0. The van der Waals surface area contributed by atoms with E-state index in [0.717, 1.165) is 0 Å². The van der Waals surface area contributed by atoms with E-state index in [9.17, 15) is 8.42 Å². The summed E-state index contributed by atoms with van der Waals surface area (Å²) in [7, 11) is -3.15. The molecule has 0 aliphatic carbocycles. The fraction of sp³-hybridized carbons (Fsp3) is 0.900. The molecule has 7 heteroatoms. The zero-order chi connectivity index (χ0) is 13.1. The molecule has 100 valence electrons. The van der Waals surface area contributed by atoms with Crippen molar-refractivity contribution >= 4 is 15.9 Å². The van der Waals surface area contributed by atoms with Crippen molar-refractivity contribution in [2.75, 3.05) is 18.8 Å². The summed E-state index contributed by atoms with van der Waals surface area (Å²) in [6.07, 6.45) is 1.24. The molecule has 0 radical (unpaired) electrons. The van der Waals surface area contributed by atoms with Crippen LogP contribution in [0.25, 0.3) is 0 Å². The van der Waals surface area contributed by atoms with Gasteiger partial charge in [-0.15, -0.1) is 0 Å². The Kier molecular flexibility index (Phi) is 4.76.